The Hall–Kier alpha value is 0.440. The van der Waals surface area contributed by atoms with Crippen molar-refractivity contribution in [3.63, 3.8) is 0 Å². The van der Waals surface area contributed by atoms with Crippen LogP contribution in [0.3, 0.4) is 0 Å². The zero-order valence-corrected chi connectivity index (χ0v) is 11.7. The van der Waals surface area contributed by atoms with Crippen molar-refractivity contribution in [3.05, 3.63) is 29.9 Å². The second kappa shape index (κ2) is 4.79. The van der Waals surface area contributed by atoms with Crippen LogP contribution in [0.2, 0.25) is 5.02 Å². The molecule has 1 aromatic rings. The van der Waals surface area contributed by atoms with Gasteiger partial charge in [0.1, 0.15) is 0 Å². The van der Waals surface area contributed by atoms with Crippen LogP contribution in [0.4, 0.5) is 0 Å². The molecule has 0 aromatic heterocycles. The van der Waals surface area contributed by atoms with E-state index >= 15 is 0 Å². The Kier molecular flexibility index (Phi) is 4.24. The number of benzene rings is 1. The maximum atomic E-state index is 11.2. The number of methoxy groups -OCH3 is 1. The summed E-state index contributed by atoms with van der Waals surface area (Å²) in [7, 11) is 1.36. The Morgan fingerprint density at radius 1 is 1.38 bits per heavy atom. The average Bonchev–Trinajstić information content (AvgIpc) is 2.12. The Morgan fingerprint density at radius 2 is 1.85 bits per heavy atom. The van der Waals surface area contributed by atoms with Gasteiger partial charge in [0.15, 0.2) is 0 Å². The topological polar surface area (TPSA) is 26.3 Å². The molecule has 5 heteroatoms. The Morgan fingerprint density at radius 3 is 2.23 bits per heavy atom. The van der Waals surface area contributed by atoms with Gasteiger partial charge in [-0.15, -0.1) is 0 Å². The molecule has 0 saturated carbocycles. The Bertz CT molecular complexity index is 329. The molecule has 0 fully saturated rings. The van der Waals surface area contributed by atoms with Crippen molar-refractivity contribution in [1.29, 1.82) is 0 Å². The third-order valence-electron chi connectivity index (χ3n) is 1.40. The summed E-state index contributed by atoms with van der Waals surface area (Å²) in [5.41, 5.74) is 0.528. The minimum absolute atomic E-state index is 0.340. The first-order chi connectivity index (χ1) is 6.06. The number of ether oxygens (including phenoxy) is 1. The minimum Gasteiger partial charge on any atom is -0.465 e. The van der Waals surface area contributed by atoms with E-state index in [2.05, 4.69) is 49.9 Å². The van der Waals surface area contributed by atoms with Gasteiger partial charge in [-0.1, -0.05) is 11.6 Å². The molecule has 70 valence electrons. The van der Waals surface area contributed by atoms with Crippen molar-refractivity contribution in [3.8, 4) is 0 Å². The first-order valence-electron chi connectivity index (χ1n) is 3.29. The van der Waals surface area contributed by atoms with Gasteiger partial charge in [-0.2, -0.15) is 0 Å². The number of carbonyl (C=O) groups is 1. The van der Waals surface area contributed by atoms with Crippen LogP contribution in [-0.2, 0) is 4.74 Å². The average molecular weight is 422 g/mol. The molecule has 0 unspecified atom stereocenters. The van der Waals surface area contributed by atoms with Gasteiger partial charge in [0.05, 0.1) is 17.7 Å². The van der Waals surface area contributed by atoms with Gasteiger partial charge in [0.25, 0.3) is 0 Å². The van der Waals surface area contributed by atoms with Gasteiger partial charge in [0, 0.05) is 7.14 Å². The minimum atomic E-state index is -0.340. The van der Waals surface area contributed by atoms with Crippen molar-refractivity contribution >= 4 is 62.8 Å². The third-order valence-corrected chi connectivity index (χ3v) is 4.15. The number of hydrogen-bond acceptors (Lipinski definition) is 2. The predicted molar refractivity (Wildman–Crippen MR) is 68.2 cm³/mol. The number of halogens is 3. The molecule has 0 spiro atoms. The van der Waals surface area contributed by atoms with Gasteiger partial charge in [0.2, 0.25) is 0 Å². The molecule has 0 N–H and O–H groups in total. The molecule has 0 heterocycles. The zero-order chi connectivity index (χ0) is 10.0. The van der Waals surface area contributed by atoms with E-state index in [0.717, 1.165) is 7.14 Å². The van der Waals surface area contributed by atoms with Gasteiger partial charge in [-0.3, -0.25) is 0 Å². The van der Waals surface area contributed by atoms with Crippen LogP contribution < -0.4 is 0 Å². The molecule has 0 radical (unpaired) electrons. The van der Waals surface area contributed by atoms with E-state index in [1.54, 1.807) is 12.1 Å². The quantitative estimate of drug-likeness (QED) is 0.394. The lowest BCUT2D eigenvalue weighted by Gasteiger charge is -2.03. The third kappa shape index (κ3) is 2.69. The van der Waals surface area contributed by atoms with E-state index in [9.17, 15) is 4.79 Å². The smallest absolute Gasteiger partial charge is 0.337 e. The summed E-state index contributed by atoms with van der Waals surface area (Å²) in [6.07, 6.45) is 0. The SMILES string of the molecule is COC(=O)c1cc(I)c(Cl)c(I)c1. The fraction of sp³-hybridized carbons (Fsp3) is 0.125. The Balaban J connectivity index is 3.20. The largest absolute Gasteiger partial charge is 0.465 e. The van der Waals surface area contributed by atoms with E-state index in [1.165, 1.54) is 7.11 Å². The molecular weight excluding hydrogens is 417 g/mol. The Labute approximate surface area is 108 Å². The molecule has 0 aliphatic heterocycles. The summed E-state index contributed by atoms with van der Waals surface area (Å²) in [5.74, 6) is -0.340. The standard InChI is InChI=1S/C8H5ClI2O2/c1-13-8(12)4-2-5(10)7(9)6(11)3-4/h2-3H,1H3. The first kappa shape index (κ1) is 11.5. The summed E-state index contributed by atoms with van der Waals surface area (Å²) in [4.78, 5) is 11.2. The highest BCUT2D eigenvalue weighted by atomic mass is 127. The van der Waals surface area contributed by atoms with Crippen molar-refractivity contribution in [2.45, 2.75) is 0 Å². The zero-order valence-electron chi connectivity index (χ0n) is 6.61. The lowest BCUT2D eigenvalue weighted by Crippen LogP contribution is -2.02. The molecule has 0 amide bonds. The van der Waals surface area contributed by atoms with Crippen molar-refractivity contribution in [2.75, 3.05) is 7.11 Å². The van der Waals surface area contributed by atoms with Crippen LogP contribution in [0, 0.1) is 7.14 Å². The fourth-order valence-electron chi connectivity index (χ4n) is 0.791. The van der Waals surface area contributed by atoms with E-state index in [-0.39, 0.29) is 5.97 Å². The summed E-state index contributed by atoms with van der Waals surface area (Å²) in [5, 5.41) is 0.675. The van der Waals surface area contributed by atoms with Crippen LogP contribution >= 0.6 is 56.8 Å². The van der Waals surface area contributed by atoms with Gasteiger partial charge >= 0.3 is 5.97 Å². The number of rotatable bonds is 1. The van der Waals surface area contributed by atoms with Gasteiger partial charge in [-0.05, 0) is 57.3 Å². The molecular formula is C8H5ClI2O2. The fourth-order valence-corrected chi connectivity index (χ4v) is 2.67. The number of esters is 1. The molecule has 0 saturated heterocycles. The van der Waals surface area contributed by atoms with Crippen molar-refractivity contribution in [1.82, 2.24) is 0 Å². The normalized spacial score (nSPS) is 9.85. The van der Waals surface area contributed by atoms with Crippen LogP contribution in [0.1, 0.15) is 10.4 Å². The number of carbonyl (C=O) groups excluding carboxylic acids is 1. The molecule has 13 heavy (non-hydrogen) atoms. The first-order valence-corrected chi connectivity index (χ1v) is 5.82. The maximum absolute atomic E-state index is 11.2. The van der Waals surface area contributed by atoms with Crippen LogP contribution in [0.15, 0.2) is 12.1 Å². The van der Waals surface area contributed by atoms with Crippen LogP contribution in [0.5, 0.6) is 0 Å². The summed E-state index contributed by atoms with van der Waals surface area (Å²) < 4.78 is 6.30. The summed E-state index contributed by atoms with van der Waals surface area (Å²) >= 11 is 10.1. The van der Waals surface area contributed by atoms with Crippen LogP contribution in [-0.4, -0.2) is 13.1 Å². The van der Waals surface area contributed by atoms with Crippen LogP contribution in [0.25, 0.3) is 0 Å². The highest BCUT2D eigenvalue weighted by molar-refractivity contribution is 14.1. The molecule has 1 rings (SSSR count). The lowest BCUT2D eigenvalue weighted by molar-refractivity contribution is 0.0600. The molecule has 2 nitrogen and oxygen atoms in total. The molecule has 0 aliphatic carbocycles. The van der Waals surface area contributed by atoms with Gasteiger partial charge < -0.3 is 4.74 Å². The highest BCUT2D eigenvalue weighted by Gasteiger charge is 2.10. The monoisotopic (exact) mass is 422 g/mol. The molecule has 1 aromatic carbocycles. The van der Waals surface area contributed by atoms with Crippen molar-refractivity contribution < 1.29 is 9.53 Å². The predicted octanol–water partition coefficient (Wildman–Crippen LogP) is 3.34. The van der Waals surface area contributed by atoms with E-state index < -0.39 is 0 Å². The lowest BCUT2D eigenvalue weighted by atomic mass is 10.2. The number of hydrogen-bond donors (Lipinski definition) is 0. The van der Waals surface area contributed by atoms with E-state index in [4.69, 9.17) is 11.6 Å². The highest BCUT2D eigenvalue weighted by Crippen LogP contribution is 2.26. The second-order valence-corrected chi connectivity index (χ2v) is 4.95. The van der Waals surface area contributed by atoms with E-state index in [1.807, 2.05) is 0 Å². The maximum Gasteiger partial charge on any atom is 0.337 e. The molecule has 0 aliphatic rings. The summed E-state index contributed by atoms with van der Waals surface area (Å²) in [6, 6.07) is 3.41. The van der Waals surface area contributed by atoms with E-state index in [0.29, 0.717) is 10.6 Å². The molecule has 0 bridgehead atoms. The van der Waals surface area contributed by atoms with Gasteiger partial charge in [-0.25, -0.2) is 4.79 Å². The second-order valence-electron chi connectivity index (χ2n) is 2.25. The summed E-state index contributed by atoms with van der Waals surface area (Å²) in [6.45, 7) is 0. The van der Waals surface area contributed by atoms with Crippen molar-refractivity contribution in [2.24, 2.45) is 0 Å². The molecule has 0 atom stereocenters.